The normalized spacial score (nSPS) is 20.1. The van der Waals surface area contributed by atoms with Crippen molar-refractivity contribution in [1.29, 1.82) is 0 Å². The average molecular weight is 326 g/mol. The van der Waals surface area contributed by atoms with Gasteiger partial charge in [0.15, 0.2) is 14.9 Å². The van der Waals surface area contributed by atoms with E-state index in [1.54, 1.807) is 0 Å². The van der Waals surface area contributed by atoms with Crippen molar-refractivity contribution in [1.82, 2.24) is 10.2 Å². The molecule has 21 heavy (non-hydrogen) atoms. The lowest BCUT2D eigenvalue weighted by Crippen LogP contribution is -2.46. The number of sulfone groups is 1. The molecule has 1 aliphatic heterocycles. The molecule has 0 bridgehead atoms. The minimum Gasteiger partial charge on any atom is -0.363 e. The first-order valence-corrected chi connectivity index (χ1v) is 9.53. The summed E-state index contributed by atoms with van der Waals surface area (Å²) in [5.74, 6) is 0.465. The highest BCUT2D eigenvalue weighted by Gasteiger charge is 2.33. The molecule has 1 unspecified atom stereocenters. The summed E-state index contributed by atoms with van der Waals surface area (Å²) in [6, 6.07) is 10.0. The summed E-state index contributed by atoms with van der Waals surface area (Å²) in [6.45, 7) is 3.54. The maximum absolute atomic E-state index is 11.7. The van der Waals surface area contributed by atoms with Crippen molar-refractivity contribution in [2.75, 3.05) is 18.1 Å². The maximum atomic E-state index is 11.7. The number of benzene rings is 1. The molecule has 1 heterocycles. The first-order valence-electron chi connectivity index (χ1n) is 7.30. The molecule has 6 heteroatoms. The molecule has 0 saturated carbocycles. The summed E-state index contributed by atoms with van der Waals surface area (Å²) in [7, 11) is -2.92. The quantitative estimate of drug-likeness (QED) is 0.838. The van der Waals surface area contributed by atoms with Crippen LogP contribution in [0.5, 0.6) is 0 Å². The molecule has 0 radical (unpaired) electrons. The fraction of sp³-hybridized carbons (Fsp3) is 0.533. The third kappa shape index (κ3) is 4.68. The van der Waals surface area contributed by atoms with Crippen molar-refractivity contribution < 1.29 is 8.42 Å². The van der Waals surface area contributed by atoms with Crippen LogP contribution in [0.4, 0.5) is 0 Å². The van der Waals surface area contributed by atoms with E-state index in [0.717, 1.165) is 18.5 Å². The fourth-order valence-electron chi connectivity index (χ4n) is 2.50. The Morgan fingerprint density at radius 3 is 2.67 bits per heavy atom. The molecule has 1 saturated heterocycles. The third-order valence-electron chi connectivity index (χ3n) is 3.63. The molecule has 1 aromatic rings. The number of nitrogens with zero attached hydrogens (tertiary/aromatic N) is 1. The van der Waals surface area contributed by atoms with Gasteiger partial charge in [-0.3, -0.25) is 0 Å². The van der Waals surface area contributed by atoms with Gasteiger partial charge >= 0.3 is 0 Å². The van der Waals surface area contributed by atoms with E-state index in [1.165, 1.54) is 0 Å². The van der Waals surface area contributed by atoms with Crippen LogP contribution in [0.15, 0.2) is 30.3 Å². The molecular weight excluding hydrogens is 304 g/mol. The van der Waals surface area contributed by atoms with Crippen molar-refractivity contribution in [2.24, 2.45) is 0 Å². The van der Waals surface area contributed by atoms with E-state index in [1.807, 2.05) is 35.2 Å². The highest BCUT2D eigenvalue weighted by Crippen LogP contribution is 2.20. The van der Waals surface area contributed by atoms with E-state index in [0.29, 0.717) is 18.1 Å². The van der Waals surface area contributed by atoms with E-state index in [4.69, 9.17) is 12.2 Å². The van der Waals surface area contributed by atoms with Gasteiger partial charge in [0.2, 0.25) is 0 Å². The zero-order chi connectivity index (χ0) is 15.3. The minimum atomic E-state index is -2.92. The Balaban J connectivity index is 2.12. The SMILES string of the molecule is CCCNC(=S)N(Cc1ccccc1)C1CCS(=O)(=O)C1. The van der Waals surface area contributed by atoms with Crippen LogP contribution in [-0.4, -0.2) is 42.5 Å². The first-order chi connectivity index (χ1) is 10.0. The van der Waals surface area contributed by atoms with Crippen LogP contribution >= 0.6 is 12.2 Å². The lowest BCUT2D eigenvalue weighted by atomic mass is 10.1. The van der Waals surface area contributed by atoms with Crippen molar-refractivity contribution in [3.05, 3.63) is 35.9 Å². The summed E-state index contributed by atoms with van der Waals surface area (Å²) >= 11 is 5.47. The van der Waals surface area contributed by atoms with Gasteiger partial charge in [-0.05, 0) is 30.6 Å². The number of rotatable bonds is 5. The monoisotopic (exact) mass is 326 g/mol. The van der Waals surface area contributed by atoms with Gasteiger partial charge in [0.1, 0.15) is 0 Å². The van der Waals surface area contributed by atoms with Crippen LogP contribution in [-0.2, 0) is 16.4 Å². The van der Waals surface area contributed by atoms with E-state index >= 15 is 0 Å². The van der Waals surface area contributed by atoms with Crippen molar-refractivity contribution in [3.63, 3.8) is 0 Å². The van der Waals surface area contributed by atoms with Gasteiger partial charge in [-0.2, -0.15) is 0 Å². The van der Waals surface area contributed by atoms with Gasteiger partial charge in [0.25, 0.3) is 0 Å². The van der Waals surface area contributed by atoms with Crippen LogP contribution in [0.2, 0.25) is 0 Å². The Bertz CT molecular complexity index is 573. The summed E-state index contributed by atoms with van der Waals surface area (Å²) in [5.41, 5.74) is 1.14. The molecule has 0 aromatic heterocycles. The zero-order valence-electron chi connectivity index (χ0n) is 12.3. The van der Waals surface area contributed by atoms with Gasteiger partial charge in [0, 0.05) is 19.1 Å². The number of hydrogen-bond donors (Lipinski definition) is 1. The van der Waals surface area contributed by atoms with Gasteiger partial charge in [0.05, 0.1) is 11.5 Å². The standard InChI is InChI=1S/C15H22N2O2S2/c1-2-9-16-15(20)17(11-13-6-4-3-5-7-13)14-8-10-21(18,19)12-14/h3-7,14H,2,8-12H2,1H3,(H,16,20). The van der Waals surface area contributed by atoms with E-state index < -0.39 is 9.84 Å². The fourth-order valence-corrected chi connectivity index (χ4v) is 4.55. The lowest BCUT2D eigenvalue weighted by molar-refractivity contribution is 0.323. The van der Waals surface area contributed by atoms with Gasteiger partial charge in [-0.15, -0.1) is 0 Å². The average Bonchev–Trinajstić information content (AvgIpc) is 2.83. The number of nitrogens with one attached hydrogen (secondary N) is 1. The minimum absolute atomic E-state index is 0.0212. The highest BCUT2D eigenvalue weighted by molar-refractivity contribution is 7.91. The van der Waals surface area contributed by atoms with Crippen LogP contribution in [0.25, 0.3) is 0 Å². The largest absolute Gasteiger partial charge is 0.363 e. The summed E-state index contributed by atoms with van der Waals surface area (Å²) < 4.78 is 23.5. The molecule has 1 aromatic carbocycles. The molecular formula is C15H22N2O2S2. The summed E-state index contributed by atoms with van der Waals surface area (Å²) in [5, 5.41) is 3.87. The zero-order valence-corrected chi connectivity index (χ0v) is 13.9. The Labute approximate surface area is 132 Å². The predicted octanol–water partition coefficient (Wildman–Crippen LogP) is 1.96. The maximum Gasteiger partial charge on any atom is 0.169 e. The molecule has 116 valence electrons. The molecule has 0 spiro atoms. The molecule has 0 aliphatic carbocycles. The lowest BCUT2D eigenvalue weighted by Gasteiger charge is -2.31. The molecule has 1 aliphatic rings. The van der Waals surface area contributed by atoms with Gasteiger partial charge in [-0.1, -0.05) is 37.3 Å². The second-order valence-electron chi connectivity index (χ2n) is 5.40. The second kappa shape index (κ2) is 7.22. The third-order valence-corrected chi connectivity index (χ3v) is 5.76. The van der Waals surface area contributed by atoms with Crippen LogP contribution < -0.4 is 5.32 Å². The van der Waals surface area contributed by atoms with Gasteiger partial charge < -0.3 is 10.2 Å². The van der Waals surface area contributed by atoms with Crippen LogP contribution in [0.1, 0.15) is 25.3 Å². The molecule has 0 amide bonds. The Morgan fingerprint density at radius 1 is 1.38 bits per heavy atom. The van der Waals surface area contributed by atoms with Crippen molar-refractivity contribution in [3.8, 4) is 0 Å². The molecule has 4 nitrogen and oxygen atoms in total. The predicted molar refractivity (Wildman–Crippen MR) is 89.9 cm³/mol. The molecule has 1 fully saturated rings. The molecule has 1 N–H and O–H groups in total. The van der Waals surface area contributed by atoms with E-state index in [9.17, 15) is 8.42 Å². The topological polar surface area (TPSA) is 49.4 Å². The van der Waals surface area contributed by atoms with Crippen molar-refractivity contribution in [2.45, 2.75) is 32.4 Å². The molecule has 1 atom stereocenters. The van der Waals surface area contributed by atoms with E-state index in [-0.39, 0.29) is 17.5 Å². The van der Waals surface area contributed by atoms with E-state index in [2.05, 4.69) is 12.2 Å². The van der Waals surface area contributed by atoms with Crippen LogP contribution in [0.3, 0.4) is 0 Å². The second-order valence-corrected chi connectivity index (χ2v) is 8.02. The number of thiocarbonyl (C=S) groups is 1. The summed E-state index contributed by atoms with van der Waals surface area (Å²) in [6.07, 6.45) is 1.64. The Hall–Kier alpha value is -1.14. The Morgan fingerprint density at radius 2 is 2.10 bits per heavy atom. The smallest absolute Gasteiger partial charge is 0.169 e. The Kier molecular flexibility index (Phi) is 5.58. The number of hydrogen-bond acceptors (Lipinski definition) is 3. The first kappa shape index (κ1) is 16.2. The highest BCUT2D eigenvalue weighted by atomic mass is 32.2. The molecule has 2 rings (SSSR count). The van der Waals surface area contributed by atoms with Crippen molar-refractivity contribution >= 4 is 27.2 Å². The van der Waals surface area contributed by atoms with Gasteiger partial charge in [-0.25, -0.2) is 8.42 Å². The van der Waals surface area contributed by atoms with Crippen LogP contribution in [0, 0.1) is 0 Å². The summed E-state index contributed by atoms with van der Waals surface area (Å²) in [4.78, 5) is 2.03.